The maximum atomic E-state index is 12.4. The third kappa shape index (κ3) is 4.51. The molecule has 0 saturated heterocycles. The summed E-state index contributed by atoms with van der Waals surface area (Å²) in [5.41, 5.74) is 2.20. The van der Waals surface area contributed by atoms with Gasteiger partial charge in [-0.25, -0.2) is 0 Å². The Morgan fingerprint density at radius 3 is 2.36 bits per heavy atom. The van der Waals surface area contributed by atoms with Crippen molar-refractivity contribution in [1.29, 1.82) is 0 Å². The maximum Gasteiger partial charge on any atom is 0.221 e. The summed E-state index contributed by atoms with van der Waals surface area (Å²) in [5.74, 6) is 1.52. The van der Waals surface area contributed by atoms with E-state index in [2.05, 4.69) is 17.4 Å². The zero-order valence-corrected chi connectivity index (χ0v) is 14.1. The van der Waals surface area contributed by atoms with Crippen molar-refractivity contribution >= 4 is 5.91 Å². The van der Waals surface area contributed by atoms with Crippen molar-refractivity contribution < 1.29 is 13.9 Å². The second-order valence-electron chi connectivity index (χ2n) is 5.80. The number of ether oxygens (including phenoxy) is 1. The number of carbonyl (C=O) groups excluding carboxylic acids is 1. The lowest BCUT2D eigenvalue weighted by molar-refractivity contribution is -0.121. The van der Waals surface area contributed by atoms with Gasteiger partial charge in [0, 0.05) is 12.3 Å². The quantitative estimate of drug-likeness (QED) is 0.706. The Kier molecular flexibility index (Phi) is 5.52. The monoisotopic (exact) mass is 335 g/mol. The molecule has 4 heteroatoms. The van der Waals surface area contributed by atoms with E-state index in [0.717, 1.165) is 22.6 Å². The standard InChI is InChI=1S/C21H21NO3/c1-24-18-11-9-17(10-12-18)20(16-6-3-2-4-7-16)14-21(23)22-15-19-8-5-13-25-19/h2-13,20H,14-15H2,1H3,(H,22,23)/t20-/m0/s1. The summed E-state index contributed by atoms with van der Waals surface area (Å²) in [6, 6.07) is 21.6. The lowest BCUT2D eigenvalue weighted by atomic mass is 9.88. The van der Waals surface area contributed by atoms with Gasteiger partial charge in [0.25, 0.3) is 0 Å². The second-order valence-corrected chi connectivity index (χ2v) is 5.80. The van der Waals surface area contributed by atoms with Crippen LogP contribution in [0, 0.1) is 0 Å². The van der Waals surface area contributed by atoms with Crippen LogP contribution in [0.2, 0.25) is 0 Å². The molecule has 0 aliphatic rings. The molecule has 0 unspecified atom stereocenters. The molecule has 1 amide bonds. The first-order valence-electron chi connectivity index (χ1n) is 8.24. The molecule has 1 heterocycles. The molecule has 2 aromatic carbocycles. The molecular formula is C21H21NO3. The Morgan fingerprint density at radius 2 is 1.72 bits per heavy atom. The van der Waals surface area contributed by atoms with Crippen molar-refractivity contribution in [2.24, 2.45) is 0 Å². The van der Waals surface area contributed by atoms with Gasteiger partial charge in [0.1, 0.15) is 11.5 Å². The van der Waals surface area contributed by atoms with Crippen LogP contribution in [0.25, 0.3) is 0 Å². The number of furan rings is 1. The molecule has 1 N–H and O–H groups in total. The number of rotatable bonds is 7. The summed E-state index contributed by atoms with van der Waals surface area (Å²) in [5, 5.41) is 2.92. The minimum absolute atomic E-state index is 0.0105. The molecule has 4 nitrogen and oxygen atoms in total. The molecule has 128 valence electrons. The Labute approximate surface area is 147 Å². The van der Waals surface area contributed by atoms with E-state index >= 15 is 0 Å². The van der Waals surface area contributed by atoms with Crippen molar-refractivity contribution in [2.45, 2.75) is 18.9 Å². The van der Waals surface area contributed by atoms with Gasteiger partial charge in [-0.15, -0.1) is 0 Å². The maximum absolute atomic E-state index is 12.4. The van der Waals surface area contributed by atoms with Crippen LogP contribution < -0.4 is 10.1 Å². The summed E-state index contributed by atoms with van der Waals surface area (Å²) in [4.78, 5) is 12.4. The third-order valence-corrected chi connectivity index (χ3v) is 4.15. The van der Waals surface area contributed by atoms with Crippen molar-refractivity contribution in [3.05, 3.63) is 89.9 Å². The van der Waals surface area contributed by atoms with E-state index in [1.165, 1.54) is 0 Å². The van der Waals surface area contributed by atoms with Gasteiger partial charge >= 0.3 is 0 Å². The third-order valence-electron chi connectivity index (χ3n) is 4.15. The van der Waals surface area contributed by atoms with Crippen LogP contribution in [0.15, 0.2) is 77.4 Å². The van der Waals surface area contributed by atoms with Crippen LogP contribution in [0.5, 0.6) is 5.75 Å². The van der Waals surface area contributed by atoms with Crippen LogP contribution >= 0.6 is 0 Å². The zero-order valence-electron chi connectivity index (χ0n) is 14.1. The molecule has 0 saturated carbocycles. The number of hydrogen-bond acceptors (Lipinski definition) is 3. The molecule has 25 heavy (non-hydrogen) atoms. The van der Waals surface area contributed by atoms with E-state index in [1.807, 2.05) is 54.6 Å². The van der Waals surface area contributed by atoms with Crippen molar-refractivity contribution in [2.75, 3.05) is 7.11 Å². The average Bonchev–Trinajstić information content (AvgIpc) is 3.19. The lowest BCUT2D eigenvalue weighted by Gasteiger charge is -2.18. The van der Waals surface area contributed by atoms with Crippen LogP contribution in [0.1, 0.15) is 29.2 Å². The molecule has 1 aromatic heterocycles. The first-order valence-corrected chi connectivity index (χ1v) is 8.24. The molecule has 0 aliphatic carbocycles. The van der Waals surface area contributed by atoms with Gasteiger partial charge in [-0.05, 0) is 35.4 Å². The summed E-state index contributed by atoms with van der Waals surface area (Å²) in [6.45, 7) is 0.399. The number of nitrogens with one attached hydrogen (secondary N) is 1. The summed E-state index contributed by atoms with van der Waals surface area (Å²) in [6.07, 6.45) is 1.97. The van der Waals surface area contributed by atoms with Crippen molar-refractivity contribution in [3.8, 4) is 5.75 Å². The normalized spacial score (nSPS) is 11.7. The first-order chi connectivity index (χ1) is 12.3. The Bertz CT molecular complexity index is 780. The van der Waals surface area contributed by atoms with Gasteiger partial charge in [0.05, 0.1) is 19.9 Å². The van der Waals surface area contributed by atoms with Gasteiger partial charge in [0.2, 0.25) is 5.91 Å². The van der Waals surface area contributed by atoms with Crippen LogP contribution in [-0.2, 0) is 11.3 Å². The van der Waals surface area contributed by atoms with E-state index in [4.69, 9.17) is 9.15 Å². The Balaban J connectivity index is 1.75. The first kappa shape index (κ1) is 16.8. The number of hydrogen-bond donors (Lipinski definition) is 1. The minimum atomic E-state index is -0.0129. The second kappa shape index (κ2) is 8.20. The highest BCUT2D eigenvalue weighted by Crippen LogP contribution is 2.29. The van der Waals surface area contributed by atoms with Crippen molar-refractivity contribution in [1.82, 2.24) is 5.32 Å². The largest absolute Gasteiger partial charge is 0.497 e. The average molecular weight is 335 g/mol. The predicted octanol–water partition coefficient (Wildman–Crippen LogP) is 4.13. The minimum Gasteiger partial charge on any atom is -0.497 e. The SMILES string of the molecule is COc1ccc([C@@H](CC(=O)NCc2ccco2)c2ccccc2)cc1. The van der Waals surface area contributed by atoms with Gasteiger partial charge in [-0.1, -0.05) is 42.5 Å². The van der Waals surface area contributed by atoms with E-state index < -0.39 is 0 Å². The van der Waals surface area contributed by atoms with Crippen molar-refractivity contribution in [3.63, 3.8) is 0 Å². The highest BCUT2D eigenvalue weighted by Gasteiger charge is 2.18. The molecule has 3 aromatic rings. The van der Waals surface area contributed by atoms with Crippen LogP contribution in [-0.4, -0.2) is 13.0 Å². The number of benzene rings is 2. The highest BCUT2D eigenvalue weighted by atomic mass is 16.5. The Hall–Kier alpha value is -3.01. The molecule has 0 aliphatic heterocycles. The topological polar surface area (TPSA) is 51.5 Å². The van der Waals surface area contributed by atoms with Gasteiger partial charge in [-0.2, -0.15) is 0 Å². The van der Waals surface area contributed by atoms with E-state index in [0.29, 0.717) is 13.0 Å². The van der Waals surface area contributed by atoms with Gasteiger partial charge in [0.15, 0.2) is 0 Å². The molecular weight excluding hydrogens is 314 g/mol. The predicted molar refractivity (Wildman–Crippen MR) is 96.5 cm³/mol. The van der Waals surface area contributed by atoms with Crippen LogP contribution in [0.3, 0.4) is 0 Å². The number of carbonyl (C=O) groups is 1. The van der Waals surface area contributed by atoms with Gasteiger partial charge < -0.3 is 14.5 Å². The fourth-order valence-corrected chi connectivity index (χ4v) is 2.81. The fourth-order valence-electron chi connectivity index (χ4n) is 2.81. The molecule has 0 fully saturated rings. The molecule has 3 rings (SSSR count). The van der Waals surface area contributed by atoms with E-state index in [1.54, 1.807) is 13.4 Å². The van der Waals surface area contributed by atoms with E-state index in [-0.39, 0.29) is 11.8 Å². The van der Waals surface area contributed by atoms with Gasteiger partial charge in [-0.3, -0.25) is 4.79 Å². The van der Waals surface area contributed by atoms with Crippen LogP contribution in [0.4, 0.5) is 0 Å². The highest BCUT2D eigenvalue weighted by molar-refractivity contribution is 5.77. The fraction of sp³-hybridized carbons (Fsp3) is 0.190. The smallest absolute Gasteiger partial charge is 0.221 e. The molecule has 0 bridgehead atoms. The summed E-state index contributed by atoms with van der Waals surface area (Å²) < 4.78 is 10.5. The molecule has 0 spiro atoms. The summed E-state index contributed by atoms with van der Waals surface area (Å²) in [7, 11) is 1.64. The molecule has 1 atom stereocenters. The summed E-state index contributed by atoms with van der Waals surface area (Å²) >= 11 is 0. The zero-order chi connectivity index (χ0) is 17.5. The lowest BCUT2D eigenvalue weighted by Crippen LogP contribution is -2.24. The number of amides is 1. The van der Waals surface area contributed by atoms with E-state index in [9.17, 15) is 4.79 Å². The molecule has 0 radical (unpaired) electrons. The number of methoxy groups -OCH3 is 1. The Morgan fingerprint density at radius 1 is 1.00 bits per heavy atom.